The Morgan fingerprint density at radius 2 is 2.16 bits per heavy atom. The zero-order chi connectivity index (χ0) is 13.9. The maximum atomic E-state index is 3.65. The Labute approximate surface area is 122 Å². The van der Waals surface area contributed by atoms with Gasteiger partial charge in [0.1, 0.15) is 0 Å². The zero-order valence-electron chi connectivity index (χ0n) is 12.8. The predicted molar refractivity (Wildman–Crippen MR) is 84.9 cm³/mol. The van der Waals surface area contributed by atoms with Gasteiger partial charge in [0.05, 0.1) is 0 Å². The largest absolute Gasteiger partial charge is 0.312 e. The molecule has 0 amide bonds. The highest BCUT2D eigenvalue weighted by molar-refractivity contribution is 7.09. The summed E-state index contributed by atoms with van der Waals surface area (Å²) >= 11 is 1.88. The molecule has 1 saturated carbocycles. The van der Waals surface area contributed by atoms with E-state index in [0.717, 1.165) is 18.5 Å². The Morgan fingerprint density at radius 1 is 1.37 bits per heavy atom. The average Bonchev–Trinajstić information content (AvgIpc) is 2.76. The lowest BCUT2D eigenvalue weighted by molar-refractivity contribution is 0.0804. The van der Waals surface area contributed by atoms with Crippen LogP contribution in [0.1, 0.15) is 38.5 Å². The first-order valence-electron chi connectivity index (χ1n) is 7.43. The van der Waals surface area contributed by atoms with Crippen molar-refractivity contribution in [3.05, 3.63) is 22.4 Å². The number of rotatable bonds is 6. The molecule has 1 fully saturated rings. The molecule has 1 aromatic rings. The standard InChI is InChI=1S/C16H28N2S/c1-16(2,3)17-12-13-7-8-15(13)18(4)10-9-14-6-5-11-19-14/h5-6,11,13,15,17H,7-10,12H2,1-4H3. The van der Waals surface area contributed by atoms with Gasteiger partial charge in [0.25, 0.3) is 0 Å². The molecule has 2 rings (SSSR count). The van der Waals surface area contributed by atoms with Crippen LogP contribution < -0.4 is 5.32 Å². The van der Waals surface area contributed by atoms with Crippen LogP contribution in [0.25, 0.3) is 0 Å². The Hall–Kier alpha value is -0.380. The van der Waals surface area contributed by atoms with Crippen molar-refractivity contribution in [2.45, 2.75) is 51.6 Å². The third kappa shape index (κ3) is 4.59. The number of nitrogens with one attached hydrogen (secondary N) is 1. The van der Waals surface area contributed by atoms with E-state index >= 15 is 0 Å². The highest BCUT2D eigenvalue weighted by Gasteiger charge is 2.33. The maximum absolute atomic E-state index is 3.65. The molecule has 1 N–H and O–H groups in total. The molecule has 1 aliphatic carbocycles. The lowest BCUT2D eigenvalue weighted by Gasteiger charge is -2.44. The molecule has 0 bridgehead atoms. The summed E-state index contributed by atoms with van der Waals surface area (Å²) in [5.74, 6) is 0.840. The van der Waals surface area contributed by atoms with Crippen LogP contribution in [0.15, 0.2) is 17.5 Å². The molecule has 1 aliphatic rings. The normalized spacial score (nSPS) is 23.6. The second-order valence-electron chi connectivity index (χ2n) is 6.85. The van der Waals surface area contributed by atoms with Crippen LogP contribution in [0.4, 0.5) is 0 Å². The SMILES string of the molecule is CN(CCc1cccs1)C1CCC1CNC(C)(C)C. The molecule has 0 spiro atoms. The molecule has 2 atom stereocenters. The highest BCUT2D eigenvalue weighted by Crippen LogP contribution is 2.31. The Bertz CT molecular complexity index is 367. The average molecular weight is 280 g/mol. The summed E-state index contributed by atoms with van der Waals surface area (Å²) in [7, 11) is 2.29. The van der Waals surface area contributed by atoms with E-state index in [1.807, 2.05) is 11.3 Å². The molecule has 19 heavy (non-hydrogen) atoms. The second kappa shape index (κ2) is 6.38. The first-order valence-corrected chi connectivity index (χ1v) is 8.31. The second-order valence-corrected chi connectivity index (χ2v) is 7.88. The summed E-state index contributed by atoms with van der Waals surface area (Å²) in [6.07, 6.45) is 3.96. The van der Waals surface area contributed by atoms with E-state index in [1.54, 1.807) is 0 Å². The molecule has 3 heteroatoms. The summed E-state index contributed by atoms with van der Waals surface area (Å²) in [5.41, 5.74) is 0.246. The first kappa shape index (κ1) is 15.0. The first-order chi connectivity index (χ1) is 8.96. The van der Waals surface area contributed by atoms with Crippen LogP contribution in [0.3, 0.4) is 0 Å². The number of hydrogen-bond donors (Lipinski definition) is 1. The molecule has 0 aliphatic heterocycles. The molecule has 0 radical (unpaired) electrons. The zero-order valence-corrected chi connectivity index (χ0v) is 13.6. The van der Waals surface area contributed by atoms with E-state index in [0.29, 0.717) is 0 Å². The topological polar surface area (TPSA) is 15.3 Å². The van der Waals surface area contributed by atoms with E-state index in [9.17, 15) is 0 Å². The van der Waals surface area contributed by atoms with Gasteiger partial charge in [0.15, 0.2) is 0 Å². The molecule has 2 nitrogen and oxygen atoms in total. The van der Waals surface area contributed by atoms with Gasteiger partial charge in [0, 0.05) is 23.0 Å². The molecule has 0 saturated heterocycles. The van der Waals surface area contributed by atoms with Crippen molar-refractivity contribution in [2.24, 2.45) is 5.92 Å². The number of thiophene rings is 1. The van der Waals surface area contributed by atoms with Gasteiger partial charge in [-0.05, 0) is 71.0 Å². The van der Waals surface area contributed by atoms with Gasteiger partial charge in [-0.15, -0.1) is 11.3 Å². The summed E-state index contributed by atoms with van der Waals surface area (Å²) in [6, 6.07) is 5.19. The van der Waals surface area contributed by atoms with E-state index in [4.69, 9.17) is 0 Å². The van der Waals surface area contributed by atoms with Crippen molar-refractivity contribution in [2.75, 3.05) is 20.1 Å². The molecule has 1 heterocycles. The van der Waals surface area contributed by atoms with E-state index in [-0.39, 0.29) is 5.54 Å². The maximum Gasteiger partial charge on any atom is 0.0133 e. The minimum atomic E-state index is 0.246. The molecule has 0 aromatic carbocycles. The lowest BCUT2D eigenvalue weighted by Crippen LogP contribution is -2.51. The van der Waals surface area contributed by atoms with Crippen LogP contribution in [-0.4, -0.2) is 36.6 Å². The monoisotopic (exact) mass is 280 g/mol. The Morgan fingerprint density at radius 3 is 2.68 bits per heavy atom. The van der Waals surface area contributed by atoms with Crippen LogP contribution in [0, 0.1) is 5.92 Å². The molecule has 1 aromatic heterocycles. The van der Waals surface area contributed by atoms with Crippen LogP contribution in [0.5, 0.6) is 0 Å². The minimum absolute atomic E-state index is 0.246. The summed E-state index contributed by atoms with van der Waals surface area (Å²) < 4.78 is 0. The fourth-order valence-electron chi connectivity index (χ4n) is 2.71. The van der Waals surface area contributed by atoms with E-state index in [1.165, 1.54) is 30.7 Å². The molecule has 108 valence electrons. The summed E-state index contributed by atoms with van der Waals surface area (Å²) in [4.78, 5) is 4.08. The lowest BCUT2D eigenvalue weighted by atomic mass is 9.78. The van der Waals surface area contributed by atoms with Crippen molar-refractivity contribution >= 4 is 11.3 Å². The van der Waals surface area contributed by atoms with E-state index in [2.05, 4.69) is 55.5 Å². The van der Waals surface area contributed by atoms with Crippen LogP contribution in [0.2, 0.25) is 0 Å². The van der Waals surface area contributed by atoms with Gasteiger partial charge in [-0.25, -0.2) is 0 Å². The number of hydrogen-bond acceptors (Lipinski definition) is 3. The molecular weight excluding hydrogens is 252 g/mol. The van der Waals surface area contributed by atoms with Gasteiger partial charge < -0.3 is 10.2 Å². The quantitative estimate of drug-likeness (QED) is 0.859. The van der Waals surface area contributed by atoms with Crippen LogP contribution in [-0.2, 0) is 6.42 Å². The van der Waals surface area contributed by atoms with E-state index < -0.39 is 0 Å². The van der Waals surface area contributed by atoms with Crippen molar-refractivity contribution in [1.29, 1.82) is 0 Å². The minimum Gasteiger partial charge on any atom is -0.312 e. The van der Waals surface area contributed by atoms with Gasteiger partial charge in [-0.3, -0.25) is 0 Å². The van der Waals surface area contributed by atoms with Gasteiger partial charge in [0.2, 0.25) is 0 Å². The Balaban J connectivity index is 1.72. The van der Waals surface area contributed by atoms with Gasteiger partial charge in [-0.1, -0.05) is 6.07 Å². The van der Waals surface area contributed by atoms with Crippen LogP contribution >= 0.6 is 11.3 Å². The van der Waals surface area contributed by atoms with Gasteiger partial charge >= 0.3 is 0 Å². The van der Waals surface area contributed by atoms with Crippen molar-refractivity contribution in [3.63, 3.8) is 0 Å². The number of likely N-dealkylation sites (N-methyl/N-ethyl adjacent to an activating group) is 1. The fraction of sp³-hybridized carbons (Fsp3) is 0.750. The van der Waals surface area contributed by atoms with Crippen molar-refractivity contribution < 1.29 is 0 Å². The molecule has 2 unspecified atom stereocenters. The summed E-state index contributed by atoms with van der Waals surface area (Å²) in [5, 5.41) is 5.83. The molecular formula is C16H28N2S. The Kier molecular flexibility index (Phi) is 5.04. The van der Waals surface area contributed by atoms with Crippen molar-refractivity contribution in [3.8, 4) is 0 Å². The van der Waals surface area contributed by atoms with Gasteiger partial charge in [-0.2, -0.15) is 0 Å². The predicted octanol–water partition coefficient (Wildman–Crippen LogP) is 3.39. The number of nitrogens with zero attached hydrogens (tertiary/aromatic N) is 1. The summed E-state index contributed by atoms with van der Waals surface area (Å²) in [6.45, 7) is 9.11. The highest BCUT2D eigenvalue weighted by atomic mass is 32.1. The smallest absolute Gasteiger partial charge is 0.0133 e. The third-order valence-corrected chi connectivity index (χ3v) is 5.07. The third-order valence-electron chi connectivity index (χ3n) is 4.13. The van der Waals surface area contributed by atoms with Crippen molar-refractivity contribution in [1.82, 2.24) is 10.2 Å². The fourth-order valence-corrected chi connectivity index (χ4v) is 3.41.